The van der Waals surface area contributed by atoms with Gasteiger partial charge in [0.1, 0.15) is 5.75 Å². The molecule has 0 saturated carbocycles. The molecule has 0 bridgehead atoms. The molecule has 6 heteroatoms. The van der Waals surface area contributed by atoms with Crippen molar-refractivity contribution in [2.45, 2.75) is 13.8 Å². The molecule has 5 nitrogen and oxygen atoms in total. The summed E-state index contributed by atoms with van der Waals surface area (Å²) in [7, 11) is 0. The first-order valence-corrected chi connectivity index (χ1v) is 6.69. The number of benzene rings is 1. The molecule has 0 amide bonds. The Morgan fingerprint density at radius 1 is 1.30 bits per heavy atom. The lowest BCUT2D eigenvalue weighted by Crippen LogP contribution is -2.13. The molecule has 0 atom stereocenters. The number of nitrogens with two attached hydrogens (primary N) is 1. The first kappa shape index (κ1) is 14.3. The molecule has 0 fully saturated rings. The van der Waals surface area contributed by atoms with E-state index in [0.717, 1.165) is 15.7 Å². The largest absolute Gasteiger partial charge is 0.439 e. The molecule has 1 heterocycles. The van der Waals surface area contributed by atoms with E-state index in [4.69, 9.17) is 15.7 Å². The van der Waals surface area contributed by atoms with Gasteiger partial charge in [0.05, 0.1) is 0 Å². The number of pyridine rings is 1. The van der Waals surface area contributed by atoms with Crippen molar-refractivity contribution < 1.29 is 9.94 Å². The number of hydrogen-bond donors (Lipinski definition) is 2. The SMILES string of the molecule is Cc1cc(/C(N)=N/O)cc(Oc2ccc(Br)c(C)c2)n1. The second kappa shape index (κ2) is 5.92. The van der Waals surface area contributed by atoms with Crippen LogP contribution in [0, 0.1) is 13.8 Å². The van der Waals surface area contributed by atoms with Crippen LogP contribution in [-0.2, 0) is 0 Å². The van der Waals surface area contributed by atoms with Crippen LogP contribution in [-0.4, -0.2) is 16.0 Å². The minimum absolute atomic E-state index is 0.0207. The maximum atomic E-state index is 8.72. The third-order valence-corrected chi connectivity index (χ3v) is 3.57. The summed E-state index contributed by atoms with van der Waals surface area (Å²) in [6.07, 6.45) is 0. The number of nitrogens with zero attached hydrogens (tertiary/aromatic N) is 2. The Morgan fingerprint density at radius 2 is 2.05 bits per heavy atom. The Kier molecular flexibility index (Phi) is 4.24. The number of amidine groups is 1. The summed E-state index contributed by atoms with van der Waals surface area (Å²) in [5.41, 5.74) is 7.92. The van der Waals surface area contributed by atoms with E-state index in [1.807, 2.05) is 32.0 Å². The van der Waals surface area contributed by atoms with Gasteiger partial charge >= 0.3 is 0 Å². The number of aryl methyl sites for hydroxylation is 2. The molecule has 0 radical (unpaired) electrons. The maximum absolute atomic E-state index is 8.72. The summed E-state index contributed by atoms with van der Waals surface area (Å²) in [6.45, 7) is 3.79. The Hall–Kier alpha value is -2.08. The van der Waals surface area contributed by atoms with Crippen LogP contribution >= 0.6 is 15.9 Å². The third kappa shape index (κ3) is 3.27. The second-order valence-corrected chi connectivity index (χ2v) is 5.19. The molecule has 0 aliphatic carbocycles. The van der Waals surface area contributed by atoms with Gasteiger partial charge in [-0.15, -0.1) is 0 Å². The van der Waals surface area contributed by atoms with Crippen LogP contribution in [0.5, 0.6) is 11.6 Å². The lowest BCUT2D eigenvalue weighted by Gasteiger charge is -2.09. The number of ether oxygens (including phenoxy) is 1. The van der Waals surface area contributed by atoms with Gasteiger partial charge in [0.15, 0.2) is 5.84 Å². The summed E-state index contributed by atoms with van der Waals surface area (Å²) in [4.78, 5) is 4.27. The molecular weight excluding hydrogens is 322 g/mol. The predicted molar refractivity (Wildman–Crippen MR) is 80.4 cm³/mol. The van der Waals surface area contributed by atoms with Crippen molar-refractivity contribution in [2.75, 3.05) is 0 Å². The predicted octanol–water partition coefficient (Wildman–Crippen LogP) is 3.35. The quantitative estimate of drug-likeness (QED) is 0.390. The van der Waals surface area contributed by atoms with Gasteiger partial charge in [0, 0.05) is 21.8 Å². The molecule has 1 aromatic carbocycles. The van der Waals surface area contributed by atoms with Gasteiger partial charge < -0.3 is 15.7 Å². The molecule has 20 heavy (non-hydrogen) atoms. The fourth-order valence-corrected chi connectivity index (χ4v) is 1.94. The molecular formula is C14H14BrN3O2. The van der Waals surface area contributed by atoms with Gasteiger partial charge in [-0.2, -0.15) is 0 Å². The van der Waals surface area contributed by atoms with Crippen LogP contribution in [0.3, 0.4) is 0 Å². The number of oxime groups is 1. The minimum atomic E-state index is 0.0207. The van der Waals surface area contributed by atoms with Crippen molar-refractivity contribution >= 4 is 21.8 Å². The fraction of sp³-hybridized carbons (Fsp3) is 0.143. The fourth-order valence-electron chi connectivity index (χ4n) is 1.70. The van der Waals surface area contributed by atoms with Gasteiger partial charge in [0.2, 0.25) is 5.88 Å². The molecule has 1 aromatic heterocycles. The normalized spacial score (nSPS) is 11.4. The Labute approximate surface area is 125 Å². The number of hydrogen-bond acceptors (Lipinski definition) is 4. The zero-order chi connectivity index (χ0) is 14.7. The first-order chi connectivity index (χ1) is 9.49. The molecule has 0 aliphatic rings. The van der Waals surface area contributed by atoms with Crippen LogP contribution < -0.4 is 10.5 Å². The van der Waals surface area contributed by atoms with Crippen molar-refractivity contribution in [2.24, 2.45) is 10.9 Å². The van der Waals surface area contributed by atoms with E-state index in [0.29, 0.717) is 17.2 Å². The Morgan fingerprint density at radius 3 is 2.70 bits per heavy atom. The zero-order valence-electron chi connectivity index (χ0n) is 11.1. The number of rotatable bonds is 3. The van der Waals surface area contributed by atoms with Crippen molar-refractivity contribution in [3.05, 3.63) is 51.6 Å². The molecule has 104 valence electrons. The van der Waals surface area contributed by atoms with Crippen LogP contribution in [0.15, 0.2) is 40.0 Å². The highest BCUT2D eigenvalue weighted by Crippen LogP contribution is 2.25. The lowest BCUT2D eigenvalue weighted by molar-refractivity contribution is 0.318. The van der Waals surface area contributed by atoms with Crippen LogP contribution in [0.25, 0.3) is 0 Å². The van der Waals surface area contributed by atoms with E-state index in [9.17, 15) is 0 Å². The maximum Gasteiger partial charge on any atom is 0.220 e. The van der Waals surface area contributed by atoms with E-state index in [-0.39, 0.29) is 5.84 Å². The van der Waals surface area contributed by atoms with Gasteiger partial charge in [-0.1, -0.05) is 21.1 Å². The summed E-state index contributed by atoms with van der Waals surface area (Å²) in [5, 5.41) is 11.7. The summed E-state index contributed by atoms with van der Waals surface area (Å²) >= 11 is 3.44. The van der Waals surface area contributed by atoms with Gasteiger partial charge in [-0.05, 0) is 43.7 Å². The highest BCUT2D eigenvalue weighted by molar-refractivity contribution is 9.10. The summed E-state index contributed by atoms with van der Waals surface area (Å²) < 4.78 is 6.72. The van der Waals surface area contributed by atoms with Crippen LogP contribution in [0.1, 0.15) is 16.8 Å². The molecule has 3 N–H and O–H groups in total. The van der Waals surface area contributed by atoms with Gasteiger partial charge in [0.25, 0.3) is 0 Å². The Balaban J connectivity index is 2.33. The monoisotopic (exact) mass is 335 g/mol. The number of halogens is 1. The van der Waals surface area contributed by atoms with E-state index in [1.54, 1.807) is 12.1 Å². The highest BCUT2D eigenvalue weighted by Gasteiger charge is 2.07. The second-order valence-electron chi connectivity index (χ2n) is 4.33. The summed E-state index contributed by atoms with van der Waals surface area (Å²) in [6, 6.07) is 8.99. The third-order valence-electron chi connectivity index (χ3n) is 2.69. The standard InChI is InChI=1S/C14H14BrN3O2/c1-8-5-11(3-4-12(8)15)20-13-7-10(14(16)18-19)6-9(2)17-13/h3-7,19H,1-2H3,(H2,16,18). The summed E-state index contributed by atoms with van der Waals surface area (Å²) in [5.74, 6) is 1.09. The van der Waals surface area contributed by atoms with E-state index < -0.39 is 0 Å². The minimum Gasteiger partial charge on any atom is -0.439 e. The molecule has 0 aliphatic heterocycles. The highest BCUT2D eigenvalue weighted by atomic mass is 79.9. The molecule has 2 aromatic rings. The van der Waals surface area contributed by atoms with E-state index >= 15 is 0 Å². The zero-order valence-corrected chi connectivity index (χ0v) is 12.7. The van der Waals surface area contributed by atoms with Crippen molar-refractivity contribution in [3.8, 4) is 11.6 Å². The molecule has 0 unspecified atom stereocenters. The topological polar surface area (TPSA) is 80.7 Å². The van der Waals surface area contributed by atoms with E-state index in [1.165, 1.54) is 0 Å². The molecule has 0 saturated heterocycles. The molecule has 2 rings (SSSR count). The average Bonchev–Trinajstić information content (AvgIpc) is 2.41. The average molecular weight is 336 g/mol. The Bertz CT molecular complexity index is 671. The smallest absolute Gasteiger partial charge is 0.220 e. The van der Waals surface area contributed by atoms with Crippen LogP contribution in [0.4, 0.5) is 0 Å². The van der Waals surface area contributed by atoms with Gasteiger partial charge in [-0.25, -0.2) is 4.98 Å². The van der Waals surface area contributed by atoms with Crippen molar-refractivity contribution in [1.29, 1.82) is 0 Å². The van der Waals surface area contributed by atoms with Crippen molar-refractivity contribution in [1.82, 2.24) is 4.98 Å². The first-order valence-electron chi connectivity index (χ1n) is 5.90. The van der Waals surface area contributed by atoms with Crippen LogP contribution in [0.2, 0.25) is 0 Å². The number of aromatic nitrogens is 1. The lowest BCUT2D eigenvalue weighted by atomic mass is 10.2. The van der Waals surface area contributed by atoms with Gasteiger partial charge in [-0.3, -0.25) is 0 Å². The van der Waals surface area contributed by atoms with Crippen molar-refractivity contribution in [3.63, 3.8) is 0 Å². The van der Waals surface area contributed by atoms with E-state index in [2.05, 4.69) is 26.1 Å². The molecule has 0 spiro atoms.